The first-order chi connectivity index (χ1) is 11.6. The van der Waals surface area contributed by atoms with Crippen molar-refractivity contribution in [2.75, 3.05) is 25.2 Å². The molecular weight excluding hydrogens is 328 g/mol. The fourth-order valence-corrected chi connectivity index (χ4v) is 2.34. The van der Waals surface area contributed by atoms with Crippen LogP contribution in [0.25, 0.3) is 0 Å². The van der Waals surface area contributed by atoms with Gasteiger partial charge in [-0.1, -0.05) is 25.1 Å². The van der Waals surface area contributed by atoms with Crippen LogP contribution in [0.1, 0.15) is 30.1 Å². The van der Waals surface area contributed by atoms with E-state index >= 15 is 0 Å². The maximum absolute atomic E-state index is 12.2. The number of hydrogen-bond acceptors (Lipinski definition) is 5. The molecule has 1 rings (SSSR count). The van der Waals surface area contributed by atoms with E-state index in [1.807, 2.05) is 19.2 Å². The largest absolute Gasteiger partial charge is 0.454 e. The van der Waals surface area contributed by atoms with Crippen molar-refractivity contribution < 1.29 is 19.1 Å². The molecule has 0 fully saturated rings. The maximum Gasteiger partial charge on any atom is 0.329 e. The lowest BCUT2D eigenvalue weighted by Gasteiger charge is -2.17. The third kappa shape index (κ3) is 7.50. The van der Waals surface area contributed by atoms with Gasteiger partial charge in [0.1, 0.15) is 6.04 Å². The number of ether oxygens (including phenoxy) is 1. The quantitative estimate of drug-likeness (QED) is 0.625. The number of esters is 1. The molecule has 0 saturated heterocycles. The highest BCUT2D eigenvalue weighted by molar-refractivity contribution is 7.98. The van der Waals surface area contributed by atoms with Crippen molar-refractivity contribution in [1.82, 2.24) is 10.6 Å². The zero-order valence-electron chi connectivity index (χ0n) is 14.0. The molecule has 2 amide bonds. The molecule has 0 radical (unpaired) electrons. The SMILES string of the molecule is CCCNC(=O)COC(=O)[C@@H](CCSC)NC(=O)c1ccccc1. The lowest BCUT2D eigenvalue weighted by atomic mass is 10.1. The van der Waals surface area contributed by atoms with E-state index in [9.17, 15) is 14.4 Å². The average molecular weight is 352 g/mol. The van der Waals surface area contributed by atoms with E-state index in [1.165, 1.54) is 0 Å². The van der Waals surface area contributed by atoms with E-state index in [2.05, 4.69) is 10.6 Å². The van der Waals surface area contributed by atoms with Crippen LogP contribution in [0, 0.1) is 0 Å². The highest BCUT2D eigenvalue weighted by Gasteiger charge is 2.23. The summed E-state index contributed by atoms with van der Waals surface area (Å²) in [5, 5.41) is 5.31. The zero-order chi connectivity index (χ0) is 17.8. The Morgan fingerprint density at radius 2 is 1.92 bits per heavy atom. The van der Waals surface area contributed by atoms with Crippen LogP contribution in [0.2, 0.25) is 0 Å². The van der Waals surface area contributed by atoms with Gasteiger partial charge in [-0.15, -0.1) is 0 Å². The number of amides is 2. The molecule has 1 atom stereocenters. The molecule has 0 unspecified atom stereocenters. The predicted molar refractivity (Wildman–Crippen MR) is 95.0 cm³/mol. The Hall–Kier alpha value is -2.02. The van der Waals surface area contributed by atoms with Crippen LogP contribution < -0.4 is 10.6 Å². The maximum atomic E-state index is 12.2. The highest BCUT2D eigenvalue weighted by atomic mass is 32.2. The molecule has 7 heteroatoms. The van der Waals surface area contributed by atoms with Crippen LogP contribution in [-0.4, -0.2) is 49.0 Å². The number of thioether (sulfide) groups is 1. The van der Waals surface area contributed by atoms with Gasteiger partial charge in [0.05, 0.1) is 0 Å². The number of hydrogen-bond donors (Lipinski definition) is 2. The summed E-state index contributed by atoms with van der Waals surface area (Å²) in [7, 11) is 0. The molecule has 0 bridgehead atoms. The van der Waals surface area contributed by atoms with Crippen LogP contribution >= 0.6 is 11.8 Å². The third-order valence-corrected chi connectivity index (χ3v) is 3.80. The molecule has 0 saturated carbocycles. The molecular formula is C17H24N2O4S. The molecule has 1 aromatic rings. The Bertz CT molecular complexity index is 537. The Kier molecular flexibility index (Phi) is 9.60. The van der Waals surface area contributed by atoms with Crippen LogP contribution in [0.4, 0.5) is 0 Å². The highest BCUT2D eigenvalue weighted by Crippen LogP contribution is 2.05. The fourth-order valence-electron chi connectivity index (χ4n) is 1.87. The van der Waals surface area contributed by atoms with Crippen LogP contribution in [-0.2, 0) is 14.3 Å². The van der Waals surface area contributed by atoms with Crippen LogP contribution in [0.5, 0.6) is 0 Å². The van der Waals surface area contributed by atoms with Crippen LogP contribution in [0.15, 0.2) is 30.3 Å². The molecule has 0 aliphatic rings. The Morgan fingerprint density at radius 1 is 1.21 bits per heavy atom. The Labute approximate surface area is 146 Å². The van der Waals surface area contributed by atoms with E-state index in [4.69, 9.17) is 4.74 Å². The van der Waals surface area contributed by atoms with E-state index in [0.29, 0.717) is 24.3 Å². The van der Waals surface area contributed by atoms with Gasteiger partial charge in [0.15, 0.2) is 6.61 Å². The number of nitrogens with one attached hydrogen (secondary N) is 2. The summed E-state index contributed by atoms with van der Waals surface area (Å²) in [6.07, 6.45) is 3.16. The minimum atomic E-state index is -0.774. The van der Waals surface area contributed by atoms with E-state index in [0.717, 1.165) is 6.42 Å². The molecule has 132 valence electrons. The minimum absolute atomic E-state index is 0.337. The first-order valence-electron chi connectivity index (χ1n) is 7.86. The van der Waals surface area contributed by atoms with Crippen molar-refractivity contribution in [3.05, 3.63) is 35.9 Å². The summed E-state index contributed by atoms with van der Waals surface area (Å²) in [5.74, 6) is -0.589. The molecule has 0 heterocycles. The molecule has 0 aliphatic carbocycles. The molecule has 1 aromatic carbocycles. The second-order valence-corrected chi connectivity index (χ2v) is 6.12. The number of carbonyl (C=O) groups is 3. The molecule has 24 heavy (non-hydrogen) atoms. The molecule has 0 aromatic heterocycles. The monoisotopic (exact) mass is 352 g/mol. The van der Waals surface area contributed by atoms with E-state index in [1.54, 1.807) is 36.0 Å². The van der Waals surface area contributed by atoms with Crippen molar-refractivity contribution in [1.29, 1.82) is 0 Å². The summed E-state index contributed by atoms with van der Waals surface area (Å²) < 4.78 is 5.02. The van der Waals surface area contributed by atoms with Gasteiger partial charge in [-0.05, 0) is 37.0 Å². The van der Waals surface area contributed by atoms with Crippen molar-refractivity contribution in [3.8, 4) is 0 Å². The van der Waals surface area contributed by atoms with Gasteiger partial charge in [0.2, 0.25) is 0 Å². The molecule has 0 aliphatic heterocycles. The van der Waals surface area contributed by atoms with Crippen molar-refractivity contribution in [2.24, 2.45) is 0 Å². The van der Waals surface area contributed by atoms with Crippen molar-refractivity contribution in [2.45, 2.75) is 25.8 Å². The van der Waals surface area contributed by atoms with Crippen LogP contribution in [0.3, 0.4) is 0 Å². The number of benzene rings is 1. The van der Waals surface area contributed by atoms with Gasteiger partial charge in [-0.2, -0.15) is 11.8 Å². The normalized spacial score (nSPS) is 11.4. The van der Waals surface area contributed by atoms with Gasteiger partial charge in [0, 0.05) is 12.1 Å². The fraction of sp³-hybridized carbons (Fsp3) is 0.471. The van der Waals surface area contributed by atoms with Gasteiger partial charge in [0.25, 0.3) is 11.8 Å². The summed E-state index contributed by atoms with van der Waals surface area (Å²) >= 11 is 1.57. The Balaban J connectivity index is 2.58. The third-order valence-electron chi connectivity index (χ3n) is 3.15. The second-order valence-electron chi connectivity index (χ2n) is 5.13. The second kappa shape index (κ2) is 11.5. The predicted octanol–water partition coefficient (Wildman–Crippen LogP) is 1.61. The lowest BCUT2D eigenvalue weighted by Crippen LogP contribution is -2.43. The summed E-state index contributed by atoms with van der Waals surface area (Å²) in [5.41, 5.74) is 0.472. The topological polar surface area (TPSA) is 84.5 Å². The van der Waals surface area contributed by atoms with Gasteiger partial charge < -0.3 is 15.4 Å². The standard InChI is InChI=1S/C17H24N2O4S/c1-3-10-18-15(20)12-23-17(22)14(9-11-24-2)19-16(21)13-7-5-4-6-8-13/h4-8,14H,3,9-12H2,1-2H3,(H,18,20)(H,19,21)/t14-/m1/s1. The first kappa shape index (κ1) is 20.0. The van der Waals surface area contributed by atoms with Gasteiger partial charge >= 0.3 is 5.97 Å². The summed E-state index contributed by atoms with van der Waals surface area (Å²) in [6, 6.07) is 7.88. The zero-order valence-corrected chi connectivity index (χ0v) is 14.9. The van der Waals surface area contributed by atoms with Gasteiger partial charge in [-0.3, -0.25) is 9.59 Å². The number of rotatable bonds is 10. The average Bonchev–Trinajstić information content (AvgIpc) is 2.61. The lowest BCUT2D eigenvalue weighted by molar-refractivity contribution is -0.150. The minimum Gasteiger partial charge on any atom is -0.454 e. The van der Waals surface area contributed by atoms with Gasteiger partial charge in [-0.25, -0.2) is 4.79 Å². The van der Waals surface area contributed by atoms with E-state index in [-0.39, 0.29) is 18.4 Å². The molecule has 2 N–H and O–H groups in total. The van der Waals surface area contributed by atoms with Crippen molar-refractivity contribution >= 4 is 29.5 Å². The summed E-state index contributed by atoms with van der Waals surface area (Å²) in [4.78, 5) is 35.9. The summed E-state index contributed by atoms with van der Waals surface area (Å²) in [6.45, 7) is 2.14. The van der Waals surface area contributed by atoms with Crippen molar-refractivity contribution in [3.63, 3.8) is 0 Å². The Morgan fingerprint density at radius 3 is 2.54 bits per heavy atom. The smallest absolute Gasteiger partial charge is 0.329 e. The first-order valence-corrected chi connectivity index (χ1v) is 9.26. The molecule has 6 nitrogen and oxygen atoms in total. The van der Waals surface area contributed by atoms with E-state index < -0.39 is 12.0 Å². The molecule has 0 spiro atoms. The number of carbonyl (C=O) groups excluding carboxylic acids is 3.